The van der Waals surface area contributed by atoms with Crippen molar-refractivity contribution in [1.29, 1.82) is 0 Å². The van der Waals surface area contributed by atoms with Crippen LogP contribution < -0.4 is 36.0 Å². The van der Waals surface area contributed by atoms with Gasteiger partial charge in [0.1, 0.15) is 22.7 Å². The molecule has 4 heterocycles. The second kappa shape index (κ2) is 21.0. The summed E-state index contributed by atoms with van der Waals surface area (Å²) in [6.45, 7) is 11.2. The smallest absolute Gasteiger partial charge is 0.252 e. The zero-order valence-corrected chi connectivity index (χ0v) is 50.7. The van der Waals surface area contributed by atoms with Gasteiger partial charge in [-0.25, -0.2) is 0 Å². The molecule has 428 valence electrons. The second-order valence-electron chi connectivity index (χ2n) is 24.4. The minimum absolute atomic E-state index is 0.122. The van der Waals surface area contributed by atoms with Gasteiger partial charge in [0, 0.05) is 78.8 Å². The van der Waals surface area contributed by atoms with E-state index in [2.05, 4.69) is 309 Å². The van der Waals surface area contributed by atoms with E-state index in [1.54, 1.807) is 0 Å². The molecular formula is C83H61BN4O2. The molecule has 0 amide bonds. The van der Waals surface area contributed by atoms with Gasteiger partial charge in [-0.05, 0) is 222 Å². The van der Waals surface area contributed by atoms with Crippen LogP contribution in [-0.4, -0.2) is 6.71 Å². The molecule has 2 aliphatic rings. The van der Waals surface area contributed by atoms with E-state index >= 15 is 0 Å². The molecule has 2 aliphatic heterocycles. The fourth-order valence-corrected chi connectivity index (χ4v) is 14.5. The lowest BCUT2D eigenvalue weighted by atomic mass is 9.33. The van der Waals surface area contributed by atoms with E-state index in [0.717, 1.165) is 112 Å². The highest BCUT2D eigenvalue weighted by molar-refractivity contribution is 7.00. The van der Waals surface area contributed by atoms with Crippen molar-refractivity contribution in [3.8, 4) is 22.6 Å². The van der Waals surface area contributed by atoms with Gasteiger partial charge in [0.05, 0.1) is 11.4 Å². The highest BCUT2D eigenvalue weighted by atomic mass is 16.3. The molecule has 0 unspecified atom stereocenters. The van der Waals surface area contributed by atoms with Crippen molar-refractivity contribution < 1.29 is 8.83 Å². The third kappa shape index (κ3) is 8.71. The van der Waals surface area contributed by atoms with Gasteiger partial charge in [0.15, 0.2) is 0 Å². The first-order chi connectivity index (χ1) is 44.1. The lowest BCUT2D eigenvalue weighted by molar-refractivity contribution is 0.631. The lowest BCUT2D eigenvalue weighted by Crippen LogP contribution is -2.61. The van der Waals surface area contributed by atoms with Gasteiger partial charge < -0.3 is 28.4 Å². The molecule has 90 heavy (non-hydrogen) atoms. The van der Waals surface area contributed by atoms with Crippen molar-refractivity contribution in [3.63, 3.8) is 0 Å². The number of furan rings is 2. The molecule has 0 N–H and O–H groups in total. The summed E-state index contributed by atoms with van der Waals surface area (Å²) in [5, 5.41) is 6.78. The largest absolute Gasteiger partial charge is 0.456 e. The number of rotatable bonds is 10. The van der Waals surface area contributed by atoms with Gasteiger partial charge in [-0.15, -0.1) is 0 Å². The number of hydrogen-bond donors (Lipinski definition) is 0. The van der Waals surface area contributed by atoms with E-state index in [-0.39, 0.29) is 6.71 Å². The first-order valence-electron chi connectivity index (χ1n) is 31.1. The zero-order chi connectivity index (χ0) is 60.3. The minimum atomic E-state index is -0.122. The van der Waals surface area contributed by atoms with Crippen LogP contribution in [0.5, 0.6) is 0 Å². The van der Waals surface area contributed by atoms with E-state index in [1.165, 1.54) is 67.0 Å². The molecule has 0 atom stereocenters. The quantitative estimate of drug-likeness (QED) is 0.127. The van der Waals surface area contributed by atoms with Gasteiger partial charge in [-0.1, -0.05) is 158 Å². The van der Waals surface area contributed by atoms with E-state index in [9.17, 15) is 0 Å². The second-order valence-corrected chi connectivity index (χ2v) is 24.4. The monoisotopic (exact) mass is 1160 g/mol. The summed E-state index contributed by atoms with van der Waals surface area (Å²) in [5.74, 6) is 1.73. The van der Waals surface area contributed by atoms with Crippen LogP contribution in [0.4, 0.5) is 68.2 Å². The fourth-order valence-electron chi connectivity index (χ4n) is 14.5. The van der Waals surface area contributed by atoms with Crippen molar-refractivity contribution in [1.82, 2.24) is 0 Å². The molecule has 0 aliphatic carbocycles. The fraction of sp³-hybridized carbons (Fsp3) is 0.0602. The standard InChI is InChI=1S/C83H61BN4O2/c1-52-42-75-81-76(43-52)88(83-55(4)20-17-21-56(83)5)74-51-70(86(66-26-10-7-11-27-66)68-37-35-58-45-64(33-31-60(58)47-68)80-49-62-23-13-15-29-78(62)90-80)39-41-72(74)84(81)71-40-38-69(50-73(71)87(75)82-53(2)18-16-19-54(82)3)85(65-24-8-6-9-25-65)67-36-34-57-44-63(32-30-59(57)46-67)79-48-61-22-12-14-28-77(61)89-79/h6-51H,1-5H3. The van der Waals surface area contributed by atoms with Crippen LogP contribution in [0.25, 0.3) is 66.1 Å². The Morgan fingerprint density at radius 3 is 1.10 bits per heavy atom. The summed E-state index contributed by atoms with van der Waals surface area (Å²) >= 11 is 0. The van der Waals surface area contributed by atoms with Gasteiger partial charge in [-0.2, -0.15) is 0 Å². The maximum atomic E-state index is 6.35. The number of aryl methyl sites for hydroxylation is 5. The van der Waals surface area contributed by atoms with E-state index < -0.39 is 0 Å². The summed E-state index contributed by atoms with van der Waals surface area (Å²) in [7, 11) is 0. The summed E-state index contributed by atoms with van der Waals surface area (Å²) in [6, 6.07) is 102. The molecule has 0 saturated carbocycles. The van der Waals surface area contributed by atoms with Crippen molar-refractivity contribution in [2.24, 2.45) is 0 Å². The number of nitrogens with zero attached hydrogens (tertiary/aromatic N) is 4. The molecule has 15 aromatic rings. The van der Waals surface area contributed by atoms with Crippen molar-refractivity contribution in [2.75, 3.05) is 19.6 Å². The zero-order valence-electron chi connectivity index (χ0n) is 50.7. The van der Waals surface area contributed by atoms with Gasteiger partial charge in [-0.3, -0.25) is 0 Å². The molecule has 7 heteroatoms. The summed E-state index contributed by atoms with van der Waals surface area (Å²) in [5.41, 5.74) is 27.2. The van der Waals surface area contributed by atoms with Crippen LogP contribution >= 0.6 is 0 Å². The Kier molecular flexibility index (Phi) is 12.3. The maximum Gasteiger partial charge on any atom is 0.252 e. The maximum absolute atomic E-state index is 6.35. The predicted octanol–water partition coefficient (Wildman–Crippen LogP) is 21.4. The van der Waals surface area contributed by atoms with Crippen molar-refractivity contribution in [3.05, 3.63) is 307 Å². The molecule has 17 rings (SSSR count). The van der Waals surface area contributed by atoms with Crippen LogP contribution in [0.1, 0.15) is 27.8 Å². The Morgan fingerprint density at radius 2 is 0.667 bits per heavy atom. The number of para-hydroxylation sites is 6. The Balaban J connectivity index is 0.851. The predicted molar refractivity (Wildman–Crippen MR) is 379 cm³/mol. The van der Waals surface area contributed by atoms with Crippen LogP contribution in [0.3, 0.4) is 0 Å². The molecule has 6 nitrogen and oxygen atoms in total. The van der Waals surface area contributed by atoms with Gasteiger partial charge >= 0.3 is 0 Å². The Labute approximate surface area is 524 Å². The van der Waals surface area contributed by atoms with Crippen LogP contribution in [0.15, 0.2) is 288 Å². The normalized spacial score (nSPS) is 12.4. The molecule has 2 aromatic heterocycles. The molecule has 0 radical (unpaired) electrons. The Hall–Kier alpha value is -11.3. The Morgan fingerprint density at radius 1 is 0.289 bits per heavy atom. The highest BCUT2D eigenvalue weighted by Gasteiger charge is 2.45. The van der Waals surface area contributed by atoms with Crippen LogP contribution in [0.2, 0.25) is 0 Å². The first-order valence-corrected chi connectivity index (χ1v) is 31.1. The summed E-state index contributed by atoms with van der Waals surface area (Å²) < 4.78 is 12.7. The van der Waals surface area contributed by atoms with E-state index in [1.807, 2.05) is 24.3 Å². The lowest BCUT2D eigenvalue weighted by Gasteiger charge is -2.46. The average molecular weight is 1160 g/mol. The Bertz CT molecular complexity index is 4940. The van der Waals surface area contributed by atoms with Crippen LogP contribution in [0, 0.1) is 34.6 Å². The molecule has 0 saturated heterocycles. The highest BCUT2D eigenvalue weighted by Crippen LogP contribution is 2.50. The van der Waals surface area contributed by atoms with E-state index in [0.29, 0.717) is 0 Å². The minimum Gasteiger partial charge on any atom is -0.456 e. The number of benzene rings is 13. The van der Waals surface area contributed by atoms with E-state index in [4.69, 9.17) is 8.83 Å². The van der Waals surface area contributed by atoms with Gasteiger partial charge in [0.2, 0.25) is 0 Å². The number of fused-ring (bicyclic) bond motifs is 8. The topological polar surface area (TPSA) is 39.2 Å². The number of hydrogen-bond acceptors (Lipinski definition) is 6. The third-order valence-corrected chi connectivity index (χ3v) is 18.6. The molecule has 0 bridgehead atoms. The summed E-state index contributed by atoms with van der Waals surface area (Å²) in [4.78, 5) is 10.0. The summed E-state index contributed by atoms with van der Waals surface area (Å²) in [6.07, 6.45) is 0. The third-order valence-electron chi connectivity index (χ3n) is 18.6. The molecule has 0 spiro atoms. The molecule has 13 aromatic carbocycles. The van der Waals surface area contributed by atoms with Gasteiger partial charge in [0.25, 0.3) is 6.71 Å². The molecular weight excluding hydrogens is 1100 g/mol. The van der Waals surface area contributed by atoms with Crippen molar-refractivity contribution in [2.45, 2.75) is 34.6 Å². The SMILES string of the molecule is Cc1cc2c3c(c1)N(c1c(C)cccc1C)c1cc(N(c4ccccc4)c4ccc5cc(-c6cc7ccccc7o6)ccc5c4)ccc1B3c1ccc(N(c3ccccc3)c3ccc4cc(-c5cc6ccccc6o5)ccc4c3)cc1N2c1c(C)cccc1C. The first kappa shape index (κ1) is 53.0. The van der Waals surface area contributed by atoms with Crippen LogP contribution in [-0.2, 0) is 0 Å². The number of anilines is 12. The van der Waals surface area contributed by atoms with Crippen molar-refractivity contribution >= 4 is 135 Å². The molecule has 0 fully saturated rings. The average Bonchev–Trinajstić information content (AvgIpc) is 0.807.